The average Bonchev–Trinajstić information content (AvgIpc) is 2.86. The van der Waals surface area contributed by atoms with E-state index in [1.807, 2.05) is 18.2 Å². The summed E-state index contributed by atoms with van der Waals surface area (Å²) >= 11 is 0. The molecule has 2 atom stereocenters. The van der Waals surface area contributed by atoms with E-state index in [1.165, 1.54) is 0 Å². The van der Waals surface area contributed by atoms with Crippen LogP contribution in [0.5, 0.6) is 0 Å². The number of likely N-dealkylation sites (N-methyl/N-ethyl adjacent to an activating group) is 1. The van der Waals surface area contributed by atoms with E-state index in [0.29, 0.717) is 12.5 Å². The molecule has 0 aliphatic rings. The number of nitrogens with one attached hydrogen (secondary N) is 1. The van der Waals surface area contributed by atoms with Crippen LogP contribution in [0.3, 0.4) is 0 Å². The van der Waals surface area contributed by atoms with Crippen molar-refractivity contribution in [3.8, 4) is 0 Å². The van der Waals surface area contributed by atoms with Gasteiger partial charge in [0.15, 0.2) is 0 Å². The van der Waals surface area contributed by atoms with Gasteiger partial charge in [-0.25, -0.2) is 0 Å². The molecule has 2 aromatic rings. The third-order valence-corrected chi connectivity index (χ3v) is 3.59. The maximum atomic E-state index is 6.00. The summed E-state index contributed by atoms with van der Waals surface area (Å²) in [6, 6.07) is 10.3. The van der Waals surface area contributed by atoms with Crippen molar-refractivity contribution in [2.45, 2.75) is 46.3 Å². The fourth-order valence-corrected chi connectivity index (χ4v) is 2.65. The highest BCUT2D eigenvalue weighted by atomic mass is 16.5. The Morgan fingerprint density at radius 1 is 1.19 bits per heavy atom. The van der Waals surface area contributed by atoms with Crippen LogP contribution in [0.1, 0.15) is 45.9 Å². The minimum Gasteiger partial charge on any atom is -0.459 e. The van der Waals surface area contributed by atoms with Crippen LogP contribution in [0.2, 0.25) is 0 Å². The smallest absolute Gasteiger partial charge is 0.134 e. The number of fused-ring (bicyclic) bond motifs is 1. The monoisotopic (exact) mass is 289 g/mol. The van der Waals surface area contributed by atoms with E-state index >= 15 is 0 Å². The molecule has 2 unspecified atom stereocenters. The Morgan fingerprint density at radius 3 is 2.62 bits per heavy atom. The zero-order valence-electron chi connectivity index (χ0n) is 13.6. The summed E-state index contributed by atoms with van der Waals surface area (Å²) in [6.07, 6.45) is 1.36. The first-order valence-corrected chi connectivity index (χ1v) is 7.93. The normalized spacial score (nSPS) is 14.7. The molecule has 0 saturated heterocycles. The van der Waals surface area contributed by atoms with Crippen molar-refractivity contribution in [1.82, 2.24) is 5.32 Å². The van der Waals surface area contributed by atoms with Crippen molar-refractivity contribution in [1.29, 1.82) is 0 Å². The van der Waals surface area contributed by atoms with E-state index in [0.717, 1.165) is 29.7 Å². The van der Waals surface area contributed by atoms with Crippen LogP contribution in [0.25, 0.3) is 11.0 Å². The average molecular weight is 289 g/mol. The maximum absolute atomic E-state index is 6.00. The molecule has 0 amide bonds. The van der Waals surface area contributed by atoms with Gasteiger partial charge in [-0.1, -0.05) is 39.0 Å². The predicted octanol–water partition coefficient (Wildman–Crippen LogP) is 4.53. The van der Waals surface area contributed by atoms with Gasteiger partial charge in [0.2, 0.25) is 0 Å². The van der Waals surface area contributed by atoms with E-state index in [2.05, 4.69) is 45.1 Å². The van der Waals surface area contributed by atoms with Crippen LogP contribution in [-0.4, -0.2) is 19.3 Å². The molecule has 3 nitrogen and oxygen atoms in total. The van der Waals surface area contributed by atoms with Crippen molar-refractivity contribution < 1.29 is 9.15 Å². The number of ether oxygens (including phenoxy) is 1. The van der Waals surface area contributed by atoms with Gasteiger partial charge in [-0.2, -0.15) is 0 Å². The van der Waals surface area contributed by atoms with Crippen LogP contribution in [0, 0.1) is 5.92 Å². The maximum Gasteiger partial charge on any atom is 0.134 e. The summed E-state index contributed by atoms with van der Waals surface area (Å²) < 4.78 is 11.9. The van der Waals surface area contributed by atoms with Gasteiger partial charge in [-0.3, -0.25) is 0 Å². The van der Waals surface area contributed by atoms with Crippen LogP contribution in [-0.2, 0) is 4.74 Å². The van der Waals surface area contributed by atoms with Gasteiger partial charge in [-0.05, 0) is 37.9 Å². The minimum absolute atomic E-state index is 0.108. The molecule has 0 aliphatic heterocycles. The van der Waals surface area contributed by atoms with Gasteiger partial charge in [0, 0.05) is 5.39 Å². The molecule has 2 rings (SSSR count). The molecule has 116 valence electrons. The molecule has 1 aromatic carbocycles. The molecule has 0 fully saturated rings. The van der Waals surface area contributed by atoms with E-state index in [1.54, 1.807) is 0 Å². The van der Waals surface area contributed by atoms with Gasteiger partial charge >= 0.3 is 0 Å². The molecule has 1 aromatic heterocycles. The zero-order valence-corrected chi connectivity index (χ0v) is 13.6. The van der Waals surface area contributed by atoms with E-state index in [9.17, 15) is 0 Å². The Balaban J connectivity index is 2.04. The Morgan fingerprint density at radius 2 is 1.95 bits per heavy atom. The third-order valence-electron chi connectivity index (χ3n) is 3.59. The van der Waals surface area contributed by atoms with Crippen molar-refractivity contribution in [2.24, 2.45) is 5.92 Å². The Labute approximate surface area is 127 Å². The fourth-order valence-electron chi connectivity index (χ4n) is 2.65. The third kappa shape index (κ3) is 4.58. The molecule has 1 N–H and O–H groups in total. The molecule has 21 heavy (non-hydrogen) atoms. The summed E-state index contributed by atoms with van der Waals surface area (Å²) in [5.41, 5.74) is 0.936. The van der Waals surface area contributed by atoms with Crippen molar-refractivity contribution in [3.05, 3.63) is 36.1 Å². The number of furan rings is 1. The first-order chi connectivity index (χ1) is 10.1. The summed E-state index contributed by atoms with van der Waals surface area (Å²) in [4.78, 5) is 0. The highest BCUT2D eigenvalue weighted by Gasteiger charge is 2.17. The highest BCUT2D eigenvalue weighted by molar-refractivity contribution is 5.77. The van der Waals surface area contributed by atoms with Gasteiger partial charge in [0.05, 0.1) is 18.8 Å². The Bertz CT molecular complexity index is 514. The van der Waals surface area contributed by atoms with Crippen LogP contribution in [0.4, 0.5) is 0 Å². The summed E-state index contributed by atoms with van der Waals surface area (Å²) in [7, 11) is 0. The van der Waals surface area contributed by atoms with Crippen LogP contribution in [0.15, 0.2) is 34.7 Å². The SMILES string of the molecule is CCNC(COC(C)CC(C)C)c1cc2ccccc2o1. The van der Waals surface area contributed by atoms with E-state index in [4.69, 9.17) is 9.15 Å². The lowest BCUT2D eigenvalue weighted by Gasteiger charge is -2.20. The van der Waals surface area contributed by atoms with Gasteiger partial charge in [0.25, 0.3) is 0 Å². The quantitative estimate of drug-likeness (QED) is 0.775. The minimum atomic E-state index is 0.108. The molecule has 3 heteroatoms. The number of hydrogen-bond acceptors (Lipinski definition) is 3. The first kappa shape index (κ1) is 16.1. The van der Waals surface area contributed by atoms with Gasteiger partial charge in [-0.15, -0.1) is 0 Å². The second kappa shape index (κ2) is 7.62. The lowest BCUT2D eigenvalue weighted by molar-refractivity contribution is 0.0341. The zero-order chi connectivity index (χ0) is 15.2. The Hall–Kier alpha value is -1.32. The molecular weight excluding hydrogens is 262 g/mol. The molecule has 0 saturated carbocycles. The standard InChI is InChI=1S/C18H27NO2/c1-5-19-16(12-20-14(4)10-13(2)3)18-11-15-8-6-7-9-17(15)21-18/h6-9,11,13-14,16,19H,5,10,12H2,1-4H3. The molecule has 0 bridgehead atoms. The number of hydrogen-bond donors (Lipinski definition) is 1. The number of para-hydroxylation sites is 1. The largest absolute Gasteiger partial charge is 0.459 e. The predicted molar refractivity (Wildman–Crippen MR) is 87.5 cm³/mol. The molecule has 0 radical (unpaired) electrons. The van der Waals surface area contributed by atoms with Gasteiger partial charge in [0.1, 0.15) is 11.3 Å². The summed E-state index contributed by atoms with van der Waals surface area (Å²) in [5, 5.41) is 4.59. The molecular formula is C18H27NO2. The van der Waals surface area contributed by atoms with E-state index < -0.39 is 0 Å². The lowest BCUT2D eigenvalue weighted by atomic mass is 10.1. The lowest BCUT2D eigenvalue weighted by Crippen LogP contribution is -2.27. The number of rotatable bonds is 8. The first-order valence-electron chi connectivity index (χ1n) is 7.93. The molecule has 0 spiro atoms. The Kier molecular flexibility index (Phi) is 5.83. The second-order valence-electron chi connectivity index (χ2n) is 6.07. The van der Waals surface area contributed by atoms with E-state index in [-0.39, 0.29) is 12.1 Å². The highest BCUT2D eigenvalue weighted by Crippen LogP contribution is 2.24. The molecule has 0 aliphatic carbocycles. The van der Waals surface area contributed by atoms with Crippen LogP contribution >= 0.6 is 0 Å². The van der Waals surface area contributed by atoms with Crippen molar-refractivity contribution in [3.63, 3.8) is 0 Å². The van der Waals surface area contributed by atoms with Crippen LogP contribution < -0.4 is 5.32 Å². The summed E-state index contributed by atoms with van der Waals surface area (Å²) in [5.74, 6) is 1.61. The van der Waals surface area contributed by atoms with Gasteiger partial charge < -0.3 is 14.5 Å². The van der Waals surface area contributed by atoms with Crippen molar-refractivity contribution in [2.75, 3.05) is 13.2 Å². The topological polar surface area (TPSA) is 34.4 Å². The second-order valence-corrected chi connectivity index (χ2v) is 6.07. The molecule has 1 heterocycles. The number of benzene rings is 1. The summed E-state index contributed by atoms with van der Waals surface area (Å²) in [6.45, 7) is 10.2. The van der Waals surface area contributed by atoms with Crippen molar-refractivity contribution >= 4 is 11.0 Å². The fraction of sp³-hybridized carbons (Fsp3) is 0.556.